The number of hydrogen-bond donors (Lipinski definition) is 3. The molecule has 0 saturated heterocycles. The number of anilines is 1. The van der Waals surface area contributed by atoms with Crippen LogP contribution in [-0.4, -0.2) is 25.9 Å². The van der Waals surface area contributed by atoms with Crippen molar-refractivity contribution in [3.05, 3.63) is 68.2 Å². The lowest BCUT2D eigenvalue weighted by atomic mass is 10.2. The van der Waals surface area contributed by atoms with Crippen LogP contribution in [0, 0.1) is 10.1 Å². The molecule has 1 atom stereocenters. The SMILES string of the molecule is O=C(NC(NC(=S)Nc1ccc(Cl)c(Cl)c1)C(Cl)(Cl)Cl)c1cccc([N+](=O)[O-])c1. The number of non-ortho nitro benzene ring substituents is 1. The van der Waals surface area contributed by atoms with E-state index in [1.165, 1.54) is 24.3 Å². The van der Waals surface area contributed by atoms with Gasteiger partial charge >= 0.3 is 0 Å². The van der Waals surface area contributed by atoms with Gasteiger partial charge in [-0.2, -0.15) is 0 Å². The minimum atomic E-state index is -2.00. The van der Waals surface area contributed by atoms with Crippen molar-refractivity contribution in [1.29, 1.82) is 0 Å². The predicted molar refractivity (Wildman–Crippen MR) is 120 cm³/mol. The quantitative estimate of drug-likeness (QED) is 0.164. The Hall–Kier alpha value is -1.55. The normalized spacial score (nSPS) is 12.0. The van der Waals surface area contributed by atoms with Gasteiger partial charge in [-0.3, -0.25) is 14.9 Å². The first-order valence-corrected chi connectivity index (χ1v) is 9.92. The molecule has 0 fully saturated rings. The number of nitro benzene ring substituents is 1. The van der Waals surface area contributed by atoms with Crippen LogP contribution in [0.3, 0.4) is 0 Å². The Bertz CT molecular complexity index is 954. The summed E-state index contributed by atoms with van der Waals surface area (Å²) in [7, 11) is 0. The van der Waals surface area contributed by atoms with Crippen molar-refractivity contribution in [2.45, 2.75) is 9.96 Å². The molecule has 1 amide bonds. The van der Waals surface area contributed by atoms with Crippen LogP contribution in [0.25, 0.3) is 0 Å². The van der Waals surface area contributed by atoms with Gasteiger partial charge in [0.15, 0.2) is 5.11 Å². The molecule has 0 bridgehead atoms. The number of nitro groups is 1. The molecule has 2 rings (SSSR count). The number of hydrogen-bond acceptors (Lipinski definition) is 4. The summed E-state index contributed by atoms with van der Waals surface area (Å²) in [6.45, 7) is 0. The van der Waals surface area contributed by atoms with Crippen LogP contribution in [0.4, 0.5) is 11.4 Å². The molecule has 0 spiro atoms. The number of rotatable bonds is 5. The zero-order valence-electron chi connectivity index (χ0n) is 14.1. The first kappa shape index (κ1) is 23.7. The van der Waals surface area contributed by atoms with Crippen molar-refractivity contribution in [3.8, 4) is 0 Å². The summed E-state index contributed by atoms with van der Waals surface area (Å²) in [5.74, 6) is -0.713. The third-order valence-electron chi connectivity index (χ3n) is 3.37. The molecule has 29 heavy (non-hydrogen) atoms. The van der Waals surface area contributed by atoms with Gasteiger partial charge in [0.2, 0.25) is 3.79 Å². The summed E-state index contributed by atoms with van der Waals surface area (Å²) < 4.78 is -2.00. The van der Waals surface area contributed by atoms with E-state index in [0.717, 1.165) is 6.07 Å². The van der Waals surface area contributed by atoms with E-state index in [1.54, 1.807) is 12.1 Å². The lowest BCUT2D eigenvalue weighted by molar-refractivity contribution is -0.384. The first-order valence-electron chi connectivity index (χ1n) is 7.62. The number of nitrogens with one attached hydrogen (secondary N) is 3. The number of carbonyl (C=O) groups excluding carboxylic acids is 1. The molecule has 0 aromatic heterocycles. The van der Waals surface area contributed by atoms with Gasteiger partial charge < -0.3 is 16.0 Å². The van der Waals surface area contributed by atoms with Gasteiger partial charge in [0.25, 0.3) is 11.6 Å². The van der Waals surface area contributed by atoms with Gasteiger partial charge in [0.05, 0.1) is 15.0 Å². The topological polar surface area (TPSA) is 96.3 Å². The Morgan fingerprint density at radius 3 is 2.34 bits per heavy atom. The minimum Gasteiger partial charge on any atom is -0.339 e. The van der Waals surface area contributed by atoms with E-state index >= 15 is 0 Å². The Labute approximate surface area is 195 Å². The zero-order chi connectivity index (χ0) is 21.8. The highest BCUT2D eigenvalue weighted by molar-refractivity contribution is 7.80. The van der Waals surface area contributed by atoms with Crippen molar-refractivity contribution in [2.75, 3.05) is 5.32 Å². The molecular formula is C16H11Cl5N4O3S. The third kappa shape index (κ3) is 7.02. The zero-order valence-corrected chi connectivity index (χ0v) is 18.7. The molecule has 0 aliphatic heterocycles. The van der Waals surface area contributed by atoms with Crippen LogP contribution in [0.15, 0.2) is 42.5 Å². The van der Waals surface area contributed by atoms with Crippen molar-refractivity contribution >= 4 is 92.6 Å². The summed E-state index contributed by atoms with van der Waals surface area (Å²) in [6, 6.07) is 9.80. The lowest BCUT2D eigenvalue weighted by Gasteiger charge is -2.27. The Morgan fingerprint density at radius 2 is 1.76 bits per heavy atom. The Morgan fingerprint density at radius 1 is 1.07 bits per heavy atom. The van der Waals surface area contributed by atoms with E-state index in [1.807, 2.05) is 0 Å². The maximum Gasteiger partial charge on any atom is 0.270 e. The van der Waals surface area contributed by atoms with Crippen LogP contribution in [0.1, 0.15) is 10.4 Å². The van der Waals surface area contributed by atoms with E-state index in [9.17, 15) is 14.9 Å². The van der Waals surface area contributed by atoms with E-state index in [4.69, 9.17) is 70.2 Å². The van der Waals surface area contributed by atoms with Gasteiger partial charge in [0, 0.05) is 23.4 Å². The fourth-order valence-electron chi connectivity index (χ4n) is 2.05. The van der Waals surface area contributed by atoms with Crippen LogP contribution < -0.4 is 16.0 Å². The van der Waals surface area contributed by atoms with E-state index in [-0.39, 0.29) is 16.4 Å². The van der Waals surface area contributed by atoms with Crippen molar-refractivity contribution in [3.63, 3.8) is 0 Å². The van der Waals surface area contributed by atoms with E-state index < -0.39 is 20.8 Å². The number of amides is 1. The fraction of sp³-hybridized carbons (Fsp3) is 0.125. The van der Waals surface area contributed by atoms with Gasteiger partial charge in [-0.05, 0) is 36.5 Å². The average Bonchev–Trinajstić information content (AvgIpc) is 2.63. The van der Waals surface area contributed by atoms with E-state index in [2.05, 4.69) is 16.0 Å². The van der Waals surface area contributed by atoms with Gasteiger partial charge in [0.1, 0.15) is 6.17 Å². The van der Waals surface area contributed by atoms with Crippen molar-refractivity contribution in [1.82, 2.24) is 10.6 Å². The Balaban J connectivity index is 2.12. The number of benzene rings is 2. The molecular weight excluding hydrogens is 506 g/mol. The second-order valence-electron chi connectivity index (χ2n) is 5.48. The molecule has 0 heterocycles. The number of nitrogens with zero attached hydrogens (tertiary/aromatic N) is 1. The Kier molecular flexibility index (Phi) is 8.16. The summed E-state index contributed by atoms with van der Waals surface area (Å²) >= 11 is 34.7. The van der Waals surface area contributed by atoms with Crippen LogP contribution >= 0.6 is 70.2 Å². The lowest BCUT2D eigenvalue weighted by Crippen LogP contribution is -2.56. The summed E-state index contributed by atoms with van der Waals surface area (Å²) in [5, 5.41) is 19.5. The molecule has 154 valence electrons. The summed E-state index contributed by atoms with van der Waals surface area (Å²) in [5.41, 5.74) is 0.251. The number of alkyl halides is 3. The molecule has 2 aromatic rings. The standard InChI is InChI=1S/C16H11Cl5N4O3S/c17-11-5-4-9(7-12(11)18)22-15(29)24-14(16(19,20)21)23-13(26)8-2-1-3-10(6-8)25(27)28/h1-7,14H,(H,23,26)(H2,22,24,29). The van der Waals surface area contributed by atoms with Crippen LogP contribution in [0.2, 0.25) is 10.0 Å². The van der Waals surface area contributed by atoms with Crippen LogP contribution in [-0.2, 0) is 0 Å². The molecule has 1 unspecified atom stereocenters. The first-order chi connectivity index (χ1) is 13.5. The largest absolute Gasteiger partial charge is 0.339 e. The molecule has 0 aliphatic carbocycles. The predicted octanol–water partition coefficient (Wildman–Crippen LogP) is 5.31. The average molecular weight is 517 g/mol. The van der Waals surface area contributed by atoms with Gasteiger partial charge in [-0.15, -0.1) is 0 Å². The highest BCUT2D eigenvalue weighted by Gasteiger charge is 2.35. The molecule has 0 aliphatic rings. The maximum absolute atomic E-state index is 12.5. The van der Waals surface area contributed by atoms with Crippen LogP contribution in [0.5, 0.6) is 0 Å². The molecule has 2 aromatic carbocycles. The smallest absolute Gasteiger partial charge is 0.270 e. The molecule has 7 nitrogen and oxygen atoms in total. The van der Waals surface area contributed by atoms with Gasteiger partial charge in [-0.25, -0.2) is 0 Å². The van der Waals surface area contributed by atoms with Crippen molar-refractivity contribution < 1.29 is 9.72 Å². The van der Waals surface area contributed by atoms with Gasteiger partial charge in [-0.1, -0.05) is 64.1 Å². The summed E-state index contributed by atoms with van der Waals surface area (Å²) in [4.78, 5) is 22.7. The molecule has 0 radical (unpaired) electrons. The van der Waals surface area contributed by atoms with E-state index in [0.29, 0.717) is 15.7 Å². The number of halogens is 5. The molecule has 3 N–H and O–H groups in total. The molecule has 13 heteroatoms. The second-order valence-corrected chi connectivity index (χ2v) is 9.07. The van der Waals surface area contributed by atoms with Crippen molar-refractivity contribution in [2.24, 2.45) is 0 Å². The number of carbonyl (C=O) groups is 1. The monoisotopic (exact) mass is 514 g/mol. The highest BCUT2D eigenvalue weighted by atomic mass is 35.6. The number of thiocarbonyl (C=S) groups is 1. The fourth-order valence-corrected chi connectivity index (χ4v) is 2.91. The summed E-state index contributed by atoms with van der Waals surface area (Å²) in [6.07, 6.45) is -1.26. The highest BCUT2D eigenvalue weighted by Crippen LogP contribution is 2.30. The minimum absolute atomic E-state index is 0.00334. The second kappa shape index (κ2) is 9.97. The molecule has 0 saturated carbocycles. The third-order valence-corrected chi connectivity index (χ3v) is 4.99. The maximum atomic E-state index is 12.5.